The van der Waals surface area contributed by atoms with E-state index in [0.717, 1.165) is 16.0 Å². The highest BCUT2D eigenvalue weighted by Gasteiger charge is 2.18. The van der Waals surface area contributed by atoms with Gasteiger partial charge in [0.05, 0.1) is 4.88 Å². The van der Waals surface area contributed by atoms with Gasteiger partial charge in [-0.3, -0.25) is 9.59 Å². The molecule has 28 heavy (non-hydrogen) atoms. The van der Waals surface area contributed by atoms with Crippen LogP contribution in [0.2, 0.25) is 0 Å². The number of carbonyl (C=O) groups excluding carboxylic acids is 3. The third kappa shape index (κ3) is 5.15. The smallest absolute Gasteiger partial charge is 0.349 e. The highest BCUT2D eigenvalue weighted by Crippen LogP contribution is 2.29. The number of carbonyl (C=O) groups is 3. The molecule has 0 saturated carbocycles. The molecule has 0 fully saturated rings. The van der Waals surface area contributed by atoms with E-state index in [4.69, 9.17) is 4.74 Å². The van der Waals surface area contributed by atoms with E-state index in [1.165, 1.54) is 29.6 Å². The van der Waals surface area contributed by atoms with Crippen LogP contribution in [0.4, 0.5) is 0 Å². The monoisotopic (exact) mass is 413 g/mol. The van der Waals surface area contributed by atoms with E-state index < -0.39 is 5.97 Å². The first kappa shape index (κ1) is 20.0. The Bertz CT molecular complexity index is 975. The molecule has 3 rings (SSSR count). The molecule has 2 aromatic heterocycles. The predicted molar refractivity (Wildman–Crippen MR) is 111 cm³/mol. The van der Waals surface area contributed by atoms with Crippen LogP contribution in [0.25, 0.3) is 11.1 Å². The SMILES string of the molecule is CC(=O)NCCc1ccc(C(=O)COC(=O)c2sccc2-c2ccccc2)s1. The van der Waals surface area contributed by atoms with Crippen LogP contribution in [0.15, 0.2) is 53.9 Å². The van der Waals surface area contributed by atoms with Gasteiger partial charge in [-0.1, -0.05) is 30.3 Å². The summed E-state index contributed by atoms with van der Waals surface area (Å²) in [6.07, 6.45) is 0.660. The fourth-order valence-corrected chi connectivity index (χ4v) is 4.34. The number of esters is 1. The summed E-state index contributed by atoms with van der Waals surface area (Å²) in [7, 11) is 0. The van der Waals surface area contributed by atoms with Gasteiger partial charge in [-0.05, 0) is 35.6 Å². The number of hydrogen-bond donors (Lipinski definition) is 1. The number of ether oxygens (including phenoxy) is 1. The van der Waals surface area contributed by atoms with Crippen molar-refractivity contribution in [1.29, 1.82) is 0 Å². The van der Waals surface area contributed by atoms with Gasteiger partial charge in [0.25, 0.3) is 0 Å². The Labute approximate surface area is 171 Å². The average Bonchev–Trinajstić information content (AvgIpc) is 3.36. The van der Waals surface area contributed by atoms with Crippen molar-refractivity contribution in [2.45, 2.75) is 13.3 Å². The Balaban J connectivity index is 1.57. The zero-order valence-electron chi connectivity index (χ0n) is 15.3. The van der Waals surface area contributed by atoms with Crippen LogP contribution in [-0.4, -0.2) is 30.8 Å². The molecule has 0 aliphatic carbocycles. The molecule has 2 heterocycles. The Morgan fingerprint density at radius 3 is 2.57 bits per heavy atom. The largest absolute Gasteiger partial charge is 0.453 e. The molecule has 0 saturated heterocycles. The first-order valence-electron chi connectivity index (χ1n) is 8.71. The van der Waals surface area contributed by atoms with Gasteiger partial charge < -0.3 is 10.1 Å². The highest BCUT2D eigenvalue weighted by atomic mass is 32.1. The minimum atomic E-state index is -0.496. The van der Waals surface area contributed by atoms with Crippen molar-refractivity contribution in [1.82, 2.24) is 5.32 Å². The van der Waals surface area contributed by atoms with Crippen molar-refractivity contribution in [3.63, 3.8) is 0 Å². The van der Waals surface area contributed by atoms with Crippen LogP contribution < -0.4 is 5.32 Å². The maximum absolute atomic E-state index is 12.4. The standard InChI is InChI=1S/C21H19NO4S2/c1-14(23)22-11-9-16-7-8-19(28-16)18(24)13-26-21(25)20-17(10-12-27-20)15-5-3-2-4-6-15/h2-8,10,12H,9,11,13H2,1H3,(H,22,23). The molecule has 0 bridgehead atoms. The van der Waals surface area contributed by atoms with Crippen LogP contribution in [0, 0.1) is 0 Å². The van der Waals surface area contributed by atoms with Crippen molar-refractivity contribution in [3.8, 4) is 11.1 Å². The Kier molecular flexibility index (Phi) is 6.73. The molecule has 5 nitrogen and oxygen atoms in total. The maximum atomic E-state index is 12.4. The van der Waals surface area contributed by atoms with E-state index >= 15 is 0 Å². The first-order chi connectivity index (χ1) is 13.5. The number of thiophene rings is 2. The second-order valence-electron chi connectivity index (χ2n) is 6.03. The van der Waals surface area contributed by atoms with Gasteiger partial charge in [-0.15, -0.1) is 22.7 Å². The number of benzene rings is 1. The van der Waals surface area contributed by atoms with Gasteiger partial charge in [0.15, 0.2) is 6.61 Å². The molecule has 1 aromatic carbocycles. The average molecular weight is 414 g/mol. The summed E-state index contributed by atoms with van der Waals surface area (Å²) < 4.78 is 5.26. The number of Topliss-reactive ketones (excluding diaryl/α,β-unsaturated/α-hetero) is 1. The predicted octanol–water partition coefficient (Wildman–Crippen LogP) is 4.19. The molecule has 0 spiro atoms. The summed E-state index contributed by atoms with van der Waals surface area (Å²) in [5.41, 5.74) is 1.74. The molecule has 3 aromatic rings. The number of amides is 1. The fourth-order valence-electron chi connectivity index (χ4n) is 2.60. The van der Waals surface area contributed by atoms with Crippen LogP contribution in [0.1, 0.15) is 31.1 Å². The molecule has 1 amide bonds. The maximum Gasteiger partial charge on any atom is 0.349 e. The molecule has 144 valence electrons. The van der Waals surface area contributed by atoms with E-state index in [9.17, 15) is 14.4 Å². The summed E-state index contributed by atoms with van der Waals surface area (Å²) in [4.78, 5) is 37.7. The molecular formula is C21H19NO4S2. The second-order valence-corrected chi connectivity index (χ2v) is 8.11. The topological polar surface area (TPSA) is 72.5 Å². The van der Waals surface area contributed by atoms with Gasteiger partial charge in [-0.25, -0.2) is 4.79 Å². The van der Waals surface area contributed by atoms with E-state index in [1.54, 1.807) is 6.07 Å². The van der Waals surface area contributed by atoms with Crippen LogP contribution in [0.5, 0.6) is 0 Å². The summed E-state index contributed by atoms with van der Waals surface area (Å²) in [6, 6.07) is 15.0. The van der Waals surface area contributed by atoms with Crippen molar-refractivity contribution >= 4 is 40.3 Å². The van der Waals surface area contributed by atoms with E-state index in [1.807, 2.05) is 47.8 Å². The van der Waals surface area contributed by atoms with Gasteiger partial charge in [0.1, 0.15) is 4.88 Å². The second kappa shape index (κ2) is 9.43. The minimum Gasteiger partial charge on any atom is -0.453 e. The van der Waals surface area contributed by atoms with Crippen molar-refractivity contribution in [2.75, 3.05) is 13.2 Å². The summed E-state index contributed by atoms with van der Waals surface area (Å²) >= 11 is 2.65. The summed E-state index contributed by atoms with van der Waals surface area (Å²) in [5.74, 6) is -0.810. The fraction of sp³-hybridized carbons (Fsp3) is 0.190. The lowest BCUT2D eigenvalue weighted by Gasteiger charge is -2.05. The molecule has 0 aliphatic rings. The zero-order chi connectivity index (χ0) is 19.9. The summed E-state index contributed by atoms with van der Waals surface area (Å²) in [6.45, 7) is 1.70. The quantitative estimate of drug-likeness (QED) is 0.444. The van der Waals surface area contributed by atoms with Crippen molar-refractivity contribution in [3.05, 3.63) is 68.5 Å². The van der Waals surface area contributed by atoms with Crippen LogP contribution in [-0.2, 0) is 16.0 Å². The third-order valence-electron chi connectivity index (χ3n) is 3.95. The van der Waals surface area contributed by atoms with E-state index in [-0.39, 0.29) is 18.3 Å². The lowest BCUT2D eigenvalue weighted by Crippen LogP contribution is -2.22. The molecule has 0 atom stereocenters. The normalized spacial score (nSPS) is 10.5. The number of nitrogens with one attached hydrogen (secondary N) is 1. The molecule has 7 heteroatoms. The molecule has 0 radical (unpaired) electrons. The van der Waals surface area contributed by atoms with Gasteiger partial charge in [0.2, 0.25) is 11.7 Å². The highest BCUT2D eigenvalue weighted by molar-refractivity contribution is 7.14. The van der Waals surface area contributed by atoms with Gasteiger partial charge in [-0.2, -0.15) is 0 Å². The lowest BCUT2D eigenvalue weighted by molar-refractivity contribution is -0.118. The van der Waals surface area contributed by atoms with Crippen molar-refractivity contribution < 1.29 is 19.1 Å². The van der Waals surface area contributed by atoms with E-state index in [2.05, 4.69) is 5.32 Å². The number of hydrogen-bond acceptors (Lipinski definition) is 6. The van der Waals surface area contributed by atoms with Crippen LogP contribution in [0.3, 0.4) is 0 Å². The first-order valence-corrected chi connectivity index (χ1v) is 10.4. The minimum absolute atomic E-state index is 0.0804. The molecule has 0 unspecified atom stereocenters. The molecule has 1 N–H and O–H groups in total. The number of rotatable bonds is 8. The third-order valence-corrected chi connectivity index (χ3v) is 6.03. The van der Waals surface area contributed by atoms with Gasteiger partial charge in [0, 0.05) is 23.9 Å². The van der Waals surface area contributed by atoms with Gasteiger partial charge >= 0.3 is 5.97 Å². The zero-order valence-corrected chi connectivity index (χ0v) is 16.9. The van der Waals surface area contributed by atoms with Crippen molar-refractivity contribution in [2.24, 2.45) is 0 Å². The number of ketones is 1. The molecule has 0 aliphatic heterocycles. The van der Waals surface area contributed by atoms with E-state index in [0.29, 0.717) is 22.7 Å². The lowest BCUT2D eigenvalue weighted by atomic mass is 10.1. The molecular weight excluding hydrogens is 394 g/mol. The Morgan fingerprint density at radius 1 is 1.04 bits per heavy atom. The van der Waals surface area contributed by atoms with Crippen LogP contribution >= 0.6 is 22.7 Å². The Hall–Kier alpha value is -2.77. The summed E-state index contributed by atoms with van der Waals surface area (Å²) in [5, 5.41) is 4.56. The Morgan fingerprint density at radius 2 is 1.82 bits per heavy atom.